The molecule has 2 saturated heterocycles. The zero-order valence-electron chi connectivity index (χ0n) is 10.2. The number of nitrogens with two attached hydrogens (primary N) is 1. The number of hydrogen-bond acceptors (Lipinski definition) is 4. The van der Waals surface area contributed by atoms with Crippen molar-refractivity contribution in [2.75, 3.05) is 0 Å². The molecule has 5 heteroatoms. The van der Waals surface area contributed by atoms with E-state index in [1.54, 1.807) is 0 Å². The van der Waals surface area contributed by atoms with Crippen molar-refractivity contribution in [2.45, 2.75) is 43.9 Å². The molecule has 0 aliphatic carbocycles. The monoisotopic (exact) mass is 236 g/mol. The maximum absolute atomic E-state index is 5.89. The van der Waals surface area contributed by atoms with Crippen LogP contribution in [0.2, 0.25) is 0 Å². The van der Waals surface area contributed by atoms with Crippen LogP contribution in [0.4, 0.5) is 0 Å². The van der Waals surface area contributed by atoms with Gasteiger partial charge in [-0.1, -0.05) is 0 Å². The quantitative estimate of drug-likeness (QED) is 0.585. The molecule has 0 aromatic carbocycles. The summed E-state index contributed by atoms with van der Waals surface area (Å²) >= 11 is 0. The van der Waals surface area contributed by atoms with E-state index in [1.165, 1.54) is 18.4 Å². The molecule has 2 aliphatic heterocycles. The van der Waals surface area contributed by atoms with Crippen molar-refractivity contribution in [3.05, 3.63) is 18.0 Å². The Bertz CT molecular complexity index is 392. The van der Waals surface area contributed by atoms with Gasteiger partial charge in [-0.2, -0.15) is 5.10 Å². The average Bonchev–Trinajstić information content (AvgIpc) is 3.01. The van der Waals surface area contributed by atoms with Crippen LogP contribution in [0.25, 0.3) is 0 Å². The first-order valence-electron chi connectivity index (χ1n) is 6.35. The van der Waals surface area contributed by atoms with E-state index in [0.29, 0.717) is 24.2 Å². The molecule has 5 nitrogen and oxygen atoms in total. The number of nitrogens with zero attached hydrogens (tertiary/aromatic N) is 2. The van der Waals surface area contributed by atoms with E-state index < -0.39 is 0 Å². The van der Waals surface area contributed by atoms with Crippen molar-refractivity contribution in [3.63, 3.8) is 0 Å². The van der Waals surface area contributed by atoms with Crippen LogP contribution in [0.5, 0.6) is 0 Å². The number of fused-ring (bicyclic) bond motifs is 2. The van der Waals surface area contributed by atoms with Gasteiger partial charge in [0.1, 0.15) is 0 Å². The minimum Gasteiger partial charge on any atom is -0.375 e. The lowest BCUT2D eigenvalue weighted by atomic mass is 9.82. The van der Waals surface area contributed by atoms with Crippen LogP contribution >= 0.6 is 0 Å². The fourth-order valence-electron chi connectivity index (χ4n) is 3.27. The van der Waals surface area contributed by atoms with Crippen molar-refractivity contribution in [1.82, 2.24) is 15.2 Å². The van der Waals surface area contributed by atoms with Gasteiger partial charge in [-0.05, 0) is 31.2 Å². The SMILES string of the molecule is Cn1cc(CC(NN)C2CC3CCC2O3)cn1. The number of hydrazine groups is 1. The average molecular weight is 236 g/mol. The highest BCUT2D eigenvalue weighted by Crippen LogP contribution is 2.40. The van der Waals surface area contributed by atoms with Gasteiger partial charge in [-0.3, -0.25) is 16.0 Å². The molecule has 0 amide bonds. The zero-order chi connectivity index (χ0) is 11.8. The van der Waals surface area contributed by atoms with Crippen molar-refractivity contribution >= 4 is 0 Å². The molecule has 4 unspecified atom stereocenters. The van der Waals surface area contributed by atoms with E-state index in [2.05, 4.69) is 16.7 Å². The van der Waals surface area contributed by atoms with Gasteiger partial charge in [0.15, 0.2) is 0 Å². The van der Waals surface area contributed by atoms with Crippen LogP contribution in [0.15, 0.2) is 12.4 Å². The van der Waals surface area contributed by atoms with E-state index in [4.69, 9.17) is 10.6 Å². The Kier molecular flexibility index (Phi) is 2.90. The third kappa shape index (κ3) is 2.10. The molecule has 0 radical (unpaired) electrons. The Morgan fingerprint density at radius 1 is 1.65 bits per heavy atom. The number of nitrogens with one attached hydrogen (secondary N) is 1. The number of ether oxygens (including phenoxy) is 1. The summed E-state index contributed by atoms with van der Waals surface area (Å²) < 4.78 is 7.73. The highest BCUT2D eigenvalue weighted by Gasteiger charge is 2.44. The van der Waals surface area contributed by atoms with E-state index in [0.717, 1.165) is 12.8 Å². The van der Waals surface area contributed by atoms with Gasteiger partial charge in [0, 0.05) is 25.2 Å². The standard InChI is InChI=1S/C12H20N4O/c1-16-7-8(6-14-16)4-11(15-13)10-5-9-2-3-12(10)17-9/h6-7,9-12,15H,2-5,13H2,1H3. The van der Waals surface area contributed by atoms with E-state index in [9.17, 15) is 0 Å². The summed E-state index contributed by atoms with van der Waals surface area (Å²) in [4.78, 5) is 0. The summed E-state index contributed by atoms with van der Waals surface area (Å²) in [6, 6.07) is 0.300. The van der Waals surface area contributed by atoms with Gasteiger partial charge < -0.3 is 4.74 Å². The number of rotatable bonds is 4. The molecule has 0 saturated carbocycles. The van der Waals surface area contributed by atoms with Crippen LogP contribution in [-0.2, 0) is 18.2 Å². The molecule has 3 rings (SSSR count). The Morgan fingerprint density at radius 2 is 2.53 bits per heavy atom. The van der Waals surface area contributed by atoms with Gasteiger partial charge in [-0.25, -0.2) is 0 Å². The summed E-state index contributed by atoms with van der Waals surface area (Å²) in [6.45, 7) is 0. The van der Waals surface area contributed by atoms with Gasteiger partial charge in [0.05, 0.1) is 18.4 Å². The molecule has 17 heavy (non-hydrogen) atoms. The van der Waals surface area contributed by atoms with E-state index in [1.807, 2.05) is 17.9 Å². The summed E-state index contributed by atoms with van der Waals surface area (Å²) in [5.74, 6) is 6.26. The summed E-state index contributed by atoms with van der Waals surface area (Å²) in [5, 5.41) is 4.20. The second-order valence-corrected chi connectivity index (χ2v) is 5.27. The van der Waals surface area contributed by atoms with Gasteiger partial charge >= 0.3 is 0 Å². The Hall–Kier alpha value is -0.910. The largest absolute Gasteiger partial charge is 0.375 e. The Morgan fingerprint density at radius 3 is 3.06 bits per heavy atom. The number of aromatic nitrogens is 2. The lowest BCUT2D eigenvalue weighted by molar-refractivity contribution is 0.0857. The Balaban J connectivity index is 1.67. The second kappa shape index (κ2) is 4.40. The maximum Gasteiger partial charge on any atom is 0.0624 e. The van der Waals surface area contributed by atoms with Gasteiger partial charge in [0.25, 0.3) is 0 Å². The maximum atomic E-state index is 5.89. The fourth-order valence-corrected chi connectivity index (χ4v) is 3.27. The highest BCUT2D eigenvalue weighted by molar-refractivity contribution is 5.08. The number of aryl methyl sites for hydroxylation is 1. The highest BCUT2D eigenvalue weighted by atomic mass is 16.5. The fraction of sp³-hybridized carbons (Fsp3) is 0.750. The Labute approximate surface area is 101 Å². The molecule has 4 atom stereocenters. The van der Waals surface area contributed by atoms with Crippen molar-refractivity contribution in [1.29, 1.82) is 0 Å². The predicted octanol–water partition coefficient (Wildman–Crippen LogP) is 0.362. The third-order valence-electron chi connectivity index (χ3n) is 4.10. The smallest absolute Gasteiger partial charge is 0.0624 e. The molecule has 1 aromatic heterocycles. The van der Waals surface area contributed by atoms with Crippen LogP contribution in [0.1, 0.15) is 24.8 Å². The van der Waals surface area contributed by atoms with Gasteiger partial charge in [0.2, 0.25) is 0 Å². The van der Waals surface area contributed by atoms with Crippen LogP contribution in [0.3, 0.4) is 0 Å². The normalized spacial score (nSPS) is 33.2. The zero-order valence-corrected chi connectivity index (χ0v) is 10.2. The van der Waals surface area contributed by atoms with Crippen molar-refractivity contribution in [2.24, 2.45) is 18.8 Å². The van der Waals surface area contributed by atoms with E-state index >= 15 is 0 Å². The summed E-state index contributed by atoms with van der Waals surface area (Å²) in [5.41, 5.74) is 4.20. The first-order valence-corrected chi connectivity index (χ1v) is 6.35. The van der Waals surface area contributed by atoms with Gasteiger partial charge in [-0.15, -0.1) is 0 Å². The molecule has 2 bridgehead atoms. The van der Waals surface area contributed by atoms with Crippen LogP contribution in [-0.4, -0.2) is 28.0 Å². The van der Waals surface area contributed by atoms with E-state index in [-0.39, 0.29) is 0 Å². The molecule has 3 N–H and O–H groups in total. The molecular formula is C12H20N4O. The van der Waals surface area contributed by atoms with Crippen molar-refractivity contribution < 1.29 is 4.74 Å². The predicted molar refractivity (Wildman–Crippen MR) is 64.0 cm³/mol. The molecule has 94 valence electrons. The molecular weight excluding hydrogens is 216 g/mol. The number of hydrogen-bond donors (Lipinski definition) is 2. The first kappa shape index (κ1) is 11.2. The van der Waals surface area contributed by atoms with Crippen molar-refractivity contribution in [3.8, 4) is 0 Å². The summed E-state index contributed by atoms with van der Waals surface area (Å²) in [6.07, 6.45) is 9.37. The third-order valence-corrected chi connectivity index (χ3v) is 4.10. The summed E-state index contributed by atoms with van der Waals surface area (Å²) in [7, 11) is 1.94. The topological polar surface area (TPSA) is 65.1 Å². The molecule has 2 aliphatic rings. The molecule has 2 fully saturated rings. The van der Waals surface area contributed by atoms with Crippen LogP contribution < -0.4 is 11.3 Å². The minimum absolute atomic E-state index is 0.300. The first-order chi connectivity index (χ1) is 8.26. The second-order valence-electron chi connectivity index (χ2n) is 5.27. The molecule has 3 heterocycles. The lowest BCUT2D eigenvalue weighted by Crippen LogP contribution is -2.45. The minimum atomic E-state index is 0.300. The van der Waals surface area contributed by atoms with Crippen LogP contribution in [0, 0.1) is 5.92 Å². The molecule has 1 aromatic rings. The molecule has 0 spiro atoms. The lowest BCUT2D eigenvalue weighted by Gasteiger charge is -2.27.